The quantitative estimate of drug-likeness (QED) is 0.501. The fourth-order valence-corrected chi connectivity index (χ4v) is 4.98. The molecular weight excluding hydrogens is 375 g/mol. The van der Waals surface area contributed by atoms with Crippen molar-refractivity contribution in [3.8, 4) is 11.3 Å². The van der Waals surface area contributed by atoms with Gasteiger partial charge in [0.15, 0.2) is 0 Å². The maximum absolute atomic E-state index is 13.2. The second-order valence-corrected chi connectivity index (χ2v) is 8.03. The molecule has 1 heterocycles. The summed E-state index contributed by atoms with van der Waals surface area (Å²) in [6.45, 7) is 2.09. The summed E-state index contributed by atoms with van der Waals surface area (Å²) in [5.74, 6) is 0.688. The van der Waals surface area contributed by atoms with E-state index in [4.69, 9.17) is 4.42 Å². The van der Waals surface area contributed by atoms with Gasteiger partial charge in [-0.3, -0.25) is 0 Å². The molecule has 122 valence electrons. The Hall–Kier alpha value is -2.61. The van der Waals surface area contributed by atoms with E-state index in [0.717, 1.165) is 10.0 Å². The molecule has 25 heavy (non-hydrogen) atoms. The summed E-state index contributed by atoms with van der Waals surface area (Å²) in [6.07, 6.45) is 0. The molecular formula is C22H16O2Se. The maximum atomic E-state index is 13.2. The van der Waals surface area contributed by atoms with Crippen LogP contribution in [0.1, 0.15) is 5.56 Å². The second kappa shape index (κ2) is 6.72. The van der Waals surface area contributed by atoms with Crippen LogP contribution < -0.4 is 14.4 Å². The molecule has 2 nitrogen and oxygen atoms in total. The number of benzene rings is 3. The Balaban J connectivity index is 1.99. The summed E-state index contributed by atoms with van der Waals surface area (Å²) in [4.78, 5) is 13.2. The van der Waals surface area contributed by atoms with Gasteiger partial charge in [-0.25, -0.2) is 0 Å². The van der Waals surface area contributed by atoms with Crippen LogP contribution >= 0.6 is 0 Å². The molecule has 0 aliphatic carbocycles. The monoisotopic (exact) mass is 392 g/mol. The molecule has 0 N–H and O–H groups in total. The van der Waals surface area contributed by atoms with E-state index in [1.165, 1.54) is 10.0 Å². The third-order valence-electron chi connectivity index (χ3n) is 4.10. The number of hydrogen-bond acceptors (Lipinski definition) is 2. The third-order valence-corrected chi connectivity index (χ3v) is 6.73. The predicted molar refractivity (Wildman–Crippen MR) is 104 cm³/mol. The van der Waals surface area contributed by atoms with Crippen LogP contribution in [0, 0.1) is 6.92 Å². The Labute approximate surface area is 152 Å². The topological polar surface area (TPSA) is 30.2 Å². The van der Waals surface area contributed by atoms with Crippen molar-refractivity contribution < 1.29 is 4.42 Å². The Morgan fingerprint density at radius 2 is 1.48 bits per heavy atom. The molecule has 4 rings (SSSR count). The van der Waals surface area contributed by atoms with Gasteiger partial charge >= 0.3 is 152 Å². The van der Waals surface area contributed by atoms with E-state index < -0.39 is 0 Å². The molecule has 0 atom stereocenters. The summed E-state index contributed by atoms with van der Waals surface area (Å²) in [6, 6.07) is 25.6. The molecule has 0 amide bonds. The molecule has 4 aromatic rings. The standard InChI is InChI=1S/C22H16O2Se/c1-15-9-5-8-14-19(15)25-22-20(23)17-12-6-7-13-18(17)24-21(22)16-10-3-2-4-11-16/h2-14H,1H3. The van der Waals surface area contributed by atoms with Gasteiger partial charge < -0.3 is 0 Å². The predicted octanol–water partition coefficient (Wildman–Crippen LogP) is 3.42. The van der Waals surface area contributed by atoms with E-state index >= 15 is 0 Å². The Morgan fingerprint density at radius 1 is 0.800 bits per heavy atom. The van der Waals surface area contributed by atoms with Crippen LogP contribution in [-0.4, -0.2) is 15.0 Å². The molecule has 3 aromatic carbocycles. The summed E-state index contributed by atoms with van der Waals surface area (Å²) in [5.41, 5.74) is 2.85. The summed E-state index contributed by atoms with van der Waals surface area (Å²) >= 11 is -0.124. The van der Waals surface area contributed by atoms with Gasteiger partial charge in [0.2, 0.25) is 0 Å². The first-order chi connectivity index (χ1) is 12.2. The first-order valence-electron chi connectivity index (χ1n) is 8.09. The fraction of sp³-hybridized carbons (Fsp3) is 0.0455. The summed E-state index contributed by atoms with van der Waals surface area (Å²) < 4.78 is 8.16. The van der Waals surface area contributed by atoms with Crippen LogP contribution in [0.25, 0.3) is 22.3 Å². The van der Waals surface area contributed by atoms with E-state index in [-0.39, 0.29) is 20.4 Å². The number of rotatable bonds is 3. The van der Waals surface area contributed by atoms with E-state index in [1.807, 2.05) is 66.7 Å². The van der Waals surface area contributed by atoms with Crippen LogP contribution in [0.2, 0.25) is 0 Å². The van der Waals surface area contributed by atoms with Crippen molar-refractivity contribution in [2.24, 2.45) is 0 Å². The average molecular weight is 391 g/mol. The van der Waals surface area contributed by atoms with Crippen molar-refractivity contribution >= 4 is 34.8 Å². The van der Waals surface area contributed by atoms with Crippen molar-refractivity contribution in [3.05, 3.63) is 94.6 Å². The van der Waals surface area contributed by atoms with Crippen molar-refractivity contribution in [1.29, 1.82) is 0 Å². The van der Waals surface area contributed by atoms with Gasteiger partial charge in [-0.05, 0) is 0 Å². The van der Waals surface area contributed by atoms with Crippen LogP contribution in [0.4, 0.5) is 0 Å². The summed E-state index contributed by atoms with van der Waals surface area (Å²) in [5, 5.41) is 0.646. The van der Waals surface area contributed by atoms with Gasteiger partial charge in [0.05, 0.1) is 0 Å². The molecule has 0 saturated carbocycles. The van der Waals surface area contributed by atoms with Gasteiger partial charge in [-0.1, -0.05) is 0 Å². The van der Waals surface area contributed by atoms with Crippen molar-refractivity contribution in [1.82, 2.24) is 0 Å². The molecule has 0 bridgehead atoms. The van der Waals surface area contributed by atoms with Gasteiger partial charge in [-0.2, -0.15) is 0 Å². The Bertz CT molecular complexity index is 1100. The van der Waals surface area contributed by atoms with E-state index in [9.17, 15) is 4.79 Å². The normalized spacial score (nSPS) is 10.9. The second-order valence-electron chi connectivity index (χ2n) is 5.82. The molecule has 1 aromatic heterocycles. The van der Waals surface area contributed by atoms with E-state index in [0.29, 0.717) is 16.7 Å². The first-order valence-corrected chi connectivity index (χ1v) is 9.80. The van der Waals surface area contributed by atoms with Crippen molar-refractivity contribution in [2.75, 3.05) is 0 Å². The Morgan fingerprint density at radius 3 is 2.28 bits per heavy atom. The van der Waals surface area contributed by atoms with Crippen LogP contribution in [0.5, 0.6) is 0 Å². The Kier molecular flexibility index (Phi) is 4.27. The molecule has 0 aliphatic heterocycles. The van der Waals surface area contributed by atoms with Gasteiger partial charge in [0.25, 0.3) is 0 Å². The van der Waals surface area contributed by atoms with Crippen molar-refractivity contribution in [3.63, 3.8) is 0 Å². The van der Waals surface area contributed by atoms with E-state index in [1.54, 1.807) is 0 Å². The number of aryl methyl sites for hydroxylation is 1. The minimum absolute atomic E-state index is 0.0731. The molecule has 0 spiro atoms. The number of hydrogen-bond donors (Lipinski definition) is 0. The van der Waals surface area contributed by atoms with Crippen molar-refractivity contribution in [2.45, 2.75) is 6.92 Å². The number of para-hydroxylation sites is 1. The molecule has 0 radical (unpaired) electrons. The fourth-order valence-electron chi connectivity index (χ4n) is 2.78. The molecule has 0 unspecified atom stereocenters. The SMILES string of the molecule is Cc1ccccc1[Se]c1c(-c2ccccc2)oc2ccccc2c1=O. The molecule has 3 heteroatoms. The zero-order valence-electron chi connectivity index (χ0n) is 13.7. The molecule has 0 fully saturated rings. The zero-order valence-corrected chi connectivity index (χ0v) is 15.4. The van der Waals surface area contributed by atoms with Gasteiger partial charge in [0, 0.05) is 0 Å². The molecule has 0 saturated heterocycles. The third kappa shape index (κ3) is 3.04. The van der Waals surface area contributed by atoms with Gasteiger partial charge in [0.1, 0.15) is 0 Å². The number of fused-ring (bicyclic) bond motifs is 1. The molecule has 0 aliphatic rings. The van der Waals surface area contributed by atoms with Crippen LogP contribution in [0.3, 0.4) is 0 Å². The summed E-state index contributed by atoms with van der Waals surface area (Å²) in [7, 11) is 0. The minimum atomic E-state index is -0.124. The first kappa shape index (κ1) is 15.9. The van der Waals surface area contributed by atoms with Gasteiger partial charge in [-0.15, -0.1) is 0 Å². The van der Waals surface area contributed by atoms with E-state index in [2.05, 4.69) is 19.1 Å². The zero-order chi connectivity index (χ0) is 17.2. The van der Waals surface area contributed by atoms with Crippen LogP contribution in [0.15, 0.2) is 88.1 Å². The van der Waals surface area contributed by atoms with Crippen LogP contribution in [-0.2, 0) is 0 Å². The average Bonchev–Trinajstić information content (AvgIpc) is 2.66.